The molecule has 0 bridgehead atoms. The van der Waals surface area contributed by atoms with Gasteiger partial charge in [-0.15, -0.1) is 0 Å². The Morgan fingerprint density at radius 3 is 2.32 bits per heavy atom. The summed E-state index contributed by atoms with van der Waals surface area (Å²) in [4.78, 5) is 17.2. The molecule has 3 aromatic rings. The van der Waals surface area contributed by atoms with Crippen LogP contribution in [0.1, 0.15) is 40.0 Å². The number of aromatic nitrogens is 2. The predicted octanol–water partition coefficient (Wildman–Crippen LogP) is 4.81. The summed E-state index contributed by atoms with van der Waals surface area (Å²) >= 11 is 0. The number of aryl methyl sites for hydroxylation is 1. The number of nitrogens with one attached hydrogen (secondary N) is 1. The fraction of sp³-hybridized carbons (Fsp3) is 0.360. The standard InChI is InChI=1S/C25H26F3N5O/c1-17-7-9-18(10-8-17)21-15-22(25(26,27)28)33-23(30-21)20(16-29-33)24(34)32-13-11-31(12-14-32)19-5-3-2-4-6-19/h2-10,16,21-22,30H,11-15H2,1H3. The number of carbonyl (C=O) groups excluding carboxylic acids is 1. The van der Waals surface area contributed by atoms with E-state index in [2.05, 4.69) is 15.3 Å². The monoisotopic (exact) mass is 469 g/mol. The number of anilines is 2. The minimum atomic E-state index is -4.48. The Labute approximate surface area is 196 Å². The number of fused-ring (bicyclic) bond motifs is 1. The second-order valence-corrected chi connectivity index (χ2v) is 8.87. The maximum atomic E-state index is 14.0. The predicted molar refractivity (Wildman–Crippen MR) is 124 cm³/mol. The molecule has 0 aliphatic carbocycles. The maximum Gasteiger partial charge on any atom is 0.410 e. The van der Waals surface area contributed by atoms with Crippen LogP contribution in [0.15, 0.2) is 60.8 Å². The summed E-state index contributed by atoms with van der Waals surface area (Å²) in [6.07, 6.45) is -3.40. The zero-order chi connectivity index (χ0) is 23.9. The van der Waals surface area contributed by atoms with Crippen LogP contribution in [0.25, 0.3) is 0 Å². The fourth-order valence-corrected chi connectivity index (χ4v) is 4.71. The van der Waals surface area contributed by atoms with E-state index in [1.807, 2.05) is 61.5 Å². The quantitative estimate of drug-likeness (QED) is 0.598. The van der Waals surface area contributed by atoms with E-state index >= 15 is 0 Å². The first-order valence-corrected chi connectivity index (χ1v) is 11.4. The van der Waals surface area contributed by atoms with Crippen LogP contribution in [0.5, 0.6) is 0 Å². The molecule has 0 spiro atoms. The van der Waals surface area contributed by atoms with Gasteiger partial charge < -0.3 is 15.1 Å². The Balaban J connectivity index is 1.39. The Morgan fingerprint density at radius 1 is 1.00 bits per heavy atom. The molecule has 1 N–H and O–H groups in total. The number of alkyl halides is 3. The highest BCUT2D eigenvalue weighted by atomic mass is 19.4. The molecule has 9 heteroatoms. The number of halogens is 3. The Morgan fingerprint density at radius 2 is 1.68 bits per heavy atom. The van der Waals surface area contributed by atoms with E-state index in [0.717, 1.165) is 21.5 Å². The van der Waals surface area contributed by atoms with Gasteiger partial charge in [0.25, 0.3) is 5.91 Å². The highest BCUT2D eigenvalue weighted by Gasteiger charge is 2.47. The fourth-order valence-electron chi connectivity index (χ4n) is 4.71. The van der Waals surface area contributed by atoms with Crippen molar-refractivity contribution < 1.29 is 18.0 Å². The van der Waals surface area contributed by atoms with Crippen LogP contribution >= 0.6 is 0 Å². The molecule has 1 fully saturated rings. The molecule has 1 amide bonds. The lowest BCUT2D eigenvalue weighted by atomic mass is 9.96. The average Bonchev–Trinajstić information content (AvgIpc) is 3.27. The van der Waals surface area contributed by atoms with Crippen molar-refractivity contribution in [3.8, 4) is 0 Å². The molecule has 178 valence electrons. The second kappa shape index (κ2) is 8.70. The summed E-state index contributed by atoms with van der Waals surface area (Å²) in [5, 5.41) is 7.18. The summed E-state index contributed by atoms with van der Waals surface area (Å²) in [6.45, 7) is 4.22. The molecule has 3 heterocycles. The zero-order valence-electron chi connectivity index (χ0n) is 18.8. The van der Waals surface area contributed by atoms with Crippen LogP contribution < -0.4 is 10.2 Å². The smallest absolute Gasteiger partial charge is 0.368 e. The number of piperazine rings is 1. The van der Waals surface area contributed by atoms with E-state index in [1.54, 1.807) is 4.90 Å². The molecule has 5 rings (SSSR count). The van der Waals surface area contributed by atoms with Gasteiger partial charge in [0.2, 0.25) is 0 Å². The van der Waals surface area contributed by atoms with Gasteiger partial charge in [0.15, 0.2) is 6.04 Å². The first kappa shape index (κ1) is 22.3. The molecule has 2 aliphatic rings. The molecular weight excluding hydrogens is 443 g/mol. The number of nitrogens with zero attached hydrogens (tertiary/aromatic N) is 4. The van der Waals surface area contributed by atoms with Gasteiger partial charge in [-0.25, -0.2) is 4.68 Å². The van der Waals surface area contributed by atoms with Crippen molar-refractivity contribution in [2.75, 3.05) is 36.4 Å². The van der Waals surface area contributed by atoms with Gasteiger partial charge in [-0.05, 0) is 24.6 Å². The zero-order valence-corrected chi connectivity index (χ0v) is 18.8. The van der Waals surface area contributed by atoms with Crippen LogP contribution in [0.2, 0.25) is 0 Å². The average molecular weight is 470 g/mol. The van der Waals surface area contributed by atoms with Gasteiger partial charge in [0.1, 0.15) is 11.4 Å². The maximum absolute atomic E-state index is 14.0. The molecule has 1 saturated heterocycles. The molecule has 0 saturated carbocycles. The summed E-state index contributed by atoms with van der Waals surface area (Å²) < 4.78 is 42.8. The Kier molecular flexibility index (Phi) is 5.71. The number of rotatable bonds is 3. The van der Waals surface area contributed by atoms with Gasteiger partial charge in [-0.3, -0.25) is 4.79 Å². The molecule has 2 unspecified atom stereocenters. The van der Waals surface area contributed by atoms with Crippen LogP contribution in [-0.4, -0.2) is 52.9 Å². The third-order valence-corrected chi connectivity index (χ3v) is 6.64. The molecule has 2 aliphatic heterocycles. The van der Waals surface area contributed by atoms with E-state index in [0.29, 0.717) is 26.2 Å². The number of hydrogen-bond acceptors (Lipinski definition) is 4. The van der Waals surface area contributed by atoms with Crippen LogP contribution in [0.4, 0.5) is 24.7 Å². The van der Waals surface area contributed by atoms with Crippen LogP contribution in [-0.2, 0) is 0 Å². The van der Waals surface area contributed by atoms with Crippen LogP contribution in [0.3, 0.4) is 0 Å². The second-order valence-electron chi connectivity index (χ2n) is 8.87. The van der Waals surface area contributed by atoms with Crippen molar-refractivity contribution in [2.24, 2.45) is 0 Å². The van der Waals surface area contributed by atoms with Crippen molar-refractivity contribution in [1.82, 2.24) is 14.7 Å². The van der Waals surface area contributed by atoms with Gasteiger partial charge in [-0.2, -0.15) is 18.3 Å². The molecule has 2 atom stereocenters. The number of para-hydroxylation sites is 1. The topological polar surface area (TPSA) is 53.4 Å². The largest absolute Gasteiger partial charge is 0.410 e. The highest BCUT2D eigenvalue weighted by Crippen LogP contribution is 2.44. The molecule has 6 nitrogen and oxygen atoms in total. The van der Waals surface area contributed by atoms with Crippen LogP contribution in [0, 0.1) is 6.92 Å². The number of amides is 1. The van der Waals surface area contributed by atoms with Gasteiger partial charge in [0, 0.05) is 38.3 Å². The first-order valence-electron chi connectivity index (χ1n) is 11.4. The van der Waals surface area contributed by atoms with Crippen molar-refractivity contribution in [2.45, 2.75) is 31.6 Å². The van der Waals surface area contributed by atoms with Crippen molar-refractivity contribution in [1.29, 1.82) is 0 Å². The van der Waals surface area contributed by atoms with E-state index in [1.165, 1.54) is 6.20 Å². The third-order valence-electron chi connectivity index (χ3n) is 6.64. The van der Waals surface area contributed by atoms with Gasteiger partial charge >= 0.3 is 6.18 Å². The number of benzene rings is 2. The Hall–Kier alpha value is -3.49. The lowest BCUT2D eigenvalue weighted by Gasteiger charge is -2.37. The van der Waals surface area contributed by atoms with Crippen molar-refractivity contribution >= 4 is 17.4 Å². The number of carbonyl (C=O) groups is 1. The lowest BCUT2D eigenvalue weighted by molar-refractivity contribution is -0.173. The molecule has 1 aromatic heterocycles. The summed E-state index contributed by atoms with van der Waals surface area (Å²) in [5.74, 6) is -0.165. The SMILES string of the molecule is Cc1ccc(C2CC(C(F)(F)F)n3ncc(C(=O)N4CCN(c5ccccc5)CC4)c3N2)cc1. The summed E-state index contributed by atoms with van der Waals surface area (Å²) in [5.41, 5.74) is 3.05. The normalized spacial score (nSPS) is 20.6. The molecule has 34 heavy (non-hydrogen) atoms. The third kappa shape index (κ3) is 4.22. The summed E-state index contributed by atoms with van der Waals surface area (Å²) in [7, 11) is 0. The highest BCUT2D eigenvalue weighted by molar-refractivity contribution is 5.99. The van der Waals surface area contributed by atoms with Crippen molar-refractivity contribution in [3.63, 3.8) is 0 Å². The summed E-state index contributed by atoms with van der Waals surface area (Å²) in [6, 6.07) is 15.0. The minimum Gasteiger partial charge on any atom is -0.368 e. The van der Waals surface area contributed by atoms with E-state index in [-0.39, 0.29) is 23.7 Å². The molecular formula is C25H26F3N5O. The Bertz CT molecular complexity index is 1150. The van der Waals surface area contributed by atoms with E-state index in [9.17, 15) is 18.0 Å². The van der Waals surface area contributed by atoms with Gasteiger partial charge in [-0.1, -0.05) is 48.0 Å². The molecule has 2 aromatic carbocycles. The minimum absolute atomic E-state index is 0.134. The number of hydrogen-bond donors (Lipinski definition) is 1. The lowest BCUT2D eigenvalue weighted by Crippen LogP contribution is -2.49. The first-order chi connectivity index (χ1) is 16.3. The van der Waals surface area contributed by atoms with Crippen molar-refractivity contribution in [3.05, 3.63) is 77.5 Å². The molecule has 0 radical (unpaired) electrons. The van der Waals surface area contributed by atoms with Gasteiger partial charge in [0.05, 0.1) is 12.2 Å². The van der Waals surface area contributed by atoms with E-state index < -0.39 is 18.3 Å². The van der Waals surface area contributed by atoms with E-state index in [4.69, 9.17) is 0 Å².